The molecule has 0 fully saturated rings. The SMILES string of the molecule is CCc1cc2c(NN=Cc3c(F)cccc3F)ncnc2s1. The second kappa shape index (κ2) is 6.15. The summed E-state index contributed by atoms with van der Waals surface area (Å²) in [6, 6.07) is 5.65. The van der Waals surface area contributed by atoms with Crippen molar-refractivity contribution in [3.05, 3.63) is 52.7 Å². The molecule has 0 unspecified atom stereocenters. The van der Waals surface area contributed by atoms with Crippen molar-refractivity contribution in [3.63, 3.8) is 0 Å². The van der Waals surface area contributed by atoms with Gasteiger partial charge in [-0.1, -0.05) is 13.0 Å². The van der Waals surface area contributed by atoms with Crippen LogP contribution in [-0.2, 0) is 6.42 Å². The van der Waals surface area contributed by atoms with Crippen LogP contribution in [0.25, 0.3) is 10.2 Å². The molecule has 7 heteroatoms. The van der Waals surface area contributed by atoms with Crippen LogP contribution >= 0.6 is 11.3 Å². The molecule has 2 heterocycles. The second-order valence-electron chi connectivity index (χ2n) is 4.51. The zero-order valence-electron chi connectivity index (χ0n) is 11.7. The smallest absolute Gasteiger partial charge is 0.158 e. The highest BCUT2D eigenvalue weighted by molar-refractivity contribution is 7.18. The average Bonchev–Trinajstić information content (AvgIpc) is 2.94. The number of halogens is 2. The summed E-state index contributed by atoms with van der Waals surface area (Å²) in [5.41, 5.74) is 2.53. The summed E-state index contributed by atoms with van der Waals surface area (Å²) in [7, 11) is 0. The van der Waals surface area contributed by atoms with E-state index >= 15 is 0 Å². The summed E-state index contributed by atoms with van der Waals surface area (Å²) >= 11 is 1.58. The van der Waals surface area contributed by atoms with E-state index in [1.807, 2.05) is 6.07 Å². The molecule has 0 saturated carbocycles. The number of hydrogen-bond acceptors (Lipinski definition) is 5. The van der Waals surface area contributed by atoms with Crippen molar-refractivity contribution in [2.45, 2.75) is 13.3 Å². The molecule has 0 aliphatic heterocycles. The lowest BCUT2D eigenvalue weighted by Crippen LogP contribution is -1.98. The van der Waals surface area contributed by atoms with Gasteiger partial charge in [-0.05, 0) is 24.6 Å². The Morgan fingerprint density at radius 1 is 1.27 bits per heavy atom. The molecule has 112 valence electrons. The lowest BCUT2D eigenvalue weighted by atomic mass is 10.2. The number of anilines is 1. The molecule has 0 aliphatic carbocycles. The molecule has 0 spiro atoms. The van der Waals surface area contributed by atoms with Crippen molar-refractivity contribution in [2.24, 2.45) is 5.10 Å². The Labute approximate surface area is 129 Å². The number of nitrogens with one attached hydrogen (secondary N) is 1. The van der Waals surface area contributed by atoms with Gasteiger partial charge in [0.25, 0.3) is 0 Å². The van der Waals surface area contributed by atoms with Crippen LogP contribution in [0.5, 0.6) is 0 Å². The van der Waals surface area contributed by atoms with Crippen LogP contribution in [-0.4, -0.2) is 16.2 Å². The second-order valence-corrected chi connectivity index (χ2v) is 5.63. The average molecular weight is 318 g/mol. The van der Waals surface area contributed by atoms with Crippen molar-refractivity contribution in [2.75, 3.05) is 5.43 Å². The zero-order valence-corrected chi connectivity index (χ0v) is 12.5. The number of hydrogen-bond donors (Lipinski definition) is 1. The molecule has 0 saturated heterocycles. The Morgan fingerprint density at radius 3 is 2.77 bits per heavy atom. The fraction of sp³-hybridized carbons (Fsp3) is 0.133. The third-order valence-electron chi connectivity index (χ3n) is 3.09. The Bertz CT molecular complexity index is 824. The van der Waals surface area contributed by atoms with Gasteiger partial charge in [-0.2, -0.15) is 5.10 Å². The van der Waals surface area contributed by atoms with Gasteiger partial charge >= 0.3 is 0 Å². The van der Waals surface area contributed by atoms with Gasteiger partial charge in [0.15, 0.2) is 5.82 Å². The fourth-order valence-electron chi connectivity index (χ4n) is 1.96. The molecular formula is C15H12F2N4S. The molecule has 3 rings (SSSR count). The third-order valence-corrected chi connectivity index (χ3v) is 4.28. The first-order valence-corrected chi connectivity index (χ1v) is 7.47. The van der Waals surface area contributed by atoms with E-state index in [2.05, 4.69) is 27.4 Å². The normalized spacial score (nSPS) is 11.4. The number of nitrogens with zero attached hydrogens (tertiary/aromatic N) is 3. The maximum absolute atomic E-state index is 13.5. The van der Waals surface area contributed by atoms with E-state index < -0.39 is 11.6 Å². The van der Waals surface area contributed by atoms with Gasteiger partial charge in [-0.3, -0.25) is 5.43 Å². The van der Waals surface area contributed by atoms with E-state index in [4.69, 9.17) is 0 Å². The third kappa shape index (κ3) is 2.80. The van der Waals surface area contributed by atoms with E-state index in [-0.39, 0.29) is 5.56 Å². The van der Waals surface area contributed by atoms with Crippen molar-refractivity contribution < 1.29 is 8.78 Å². The minimum Gasteiger partial charge on any atom is -0.261 e. The largest absolute Gasteiger partial charge is 0.261 e. The van der Waals surface area contributed by atoms with Gasteiger partial charge in [-0.15, -0.1) is 11.3 Å². The molecule has 3 aromatic rings. The molecule has 1 aromatic carbocycles. The molecule has 0 amide bonds. The maximum atomic E-state index is 13.5. The molecule has 4 nitrogen and oxygen atoms in total. The van der Waals surface area contributed by atoms with Crippen molar-refractivity contribution in [3.8, 4) is 0 Å². The van der Waals surface area contributed by atoms with Crippen molar-refractivity contribution in [1.29, 1.82) is 0 Å². The molecule has 1 N–H and O–H groups in total. The van der Waals surface area contributed by atoms with Crippen LogP contribution < -0.4 is 5.43 Å². The van der Waals surface area contributed by atoms with Crippen LogP contribution in [0.1, 0.15) is 17.4 Å². The number of thiophene rings is 1. The zero-order chi connectivity index (χ0) is 15.5. The number of hydrazone groups is 1. The highest BCUT2D eigenvalue weighted by atomic mass is 32.1. The molecule has 0 atom stereocenters. The van der Waals surface area contributed by atoms with Gasteiger partial charge in [0, 0.05) is 4.88 Å². The van der Waals surface area contributed by atoms with Gasteiger partial charge in [0.05, 0.1) is 17.2 Å². The number of aryl methyl sites for hydroxylation is 1. The lowest BCUT2D eigenvalue weighted by molar-refractivity contribution is 0.580. The van der Waals surface area contributed by atoms with E-state index in [9.17, 15) is 8.78 Å². The first-order valence-electron chi connectivity index (χ1n) is 6.65. The van der Waals surface area contributed by atoms with Gasteiger partial charge < -0.3 is 0 Å². The van der Waals surface area contributed by atoms with E-state index in [1.165, 1.54) is 29.4 Å². The standard InChI is InChI=1S/C15H12F2N4S/c1-2-9-6-10-14(18-8-19-15(10)22-9)21-20-7-11-12(16)4-3-5-13(11)17/h3-8H,2H2,1H3,(H,18,19,21). The maximum Gasteiger partial charge on any atom is 0.158 e. The van der Waals surface area contributed by atoms with Crippen LogP contribution in [0.15, 0.2) is 35.7 Å². The summed E-state index contributed by atoms with van der Waals surface area (Å²) in [5, 5.41) is 4.72. The highest BCUT2D eigenvalue weighted by Gasteiger charge is 2.08. The van der Waals surface area contributed by atoms with Crippen LogP contribution in [0.3, 0.4) is 0 Å². The molecular weight excluding hydrogens is 306 g/mol. The molecule has 0 radical (unpaired) electrons. The molecule has 22 heavy (non-hydrogen) atoms. The fourth-order valence-corrected chi connectivity index (χ4v) is 2.90. The van der Waals surface area contributed by atoms with Crippen molar-refractivity contribution >= 4 is 33.6 Å². The Morgan fingerprint density at radius 2 is 2.05 bits per heavy atom. The first kappa shape index (κ1) is 14.5. The van der Waals surface area contributed by atoms with Gasteiger partial charge in [0.1, 0.15) is 22.8 Å². The Kier molecular flexibility index (Phi) is 4.06. The number of fused-ring (bicyclic) bond motifs is 1. The summed E-state index contributed by atoms with van der Waals surface area (Å²) < 4.78 is 27.0. The van der Waals surface area contributed by atoms with E-state index in [1.54, 1.807) is 11.3 Å². The summed E-state index contributed by atoms with van der Waals surface area (Å²) in [5.74, 6) is -0.821. The monoisotopic (exact) mass is 318 g/mol. The summed E-state index contributed by atoms with van der Waals surface area (Å²) in [6.45, 7) is 2.06. The molecule has 0 aliphatic rings. The Balaban J connectivity index is 1.88. The van der Waals surface area contributed by atoms with Crippen LogP contribution in [0.4, 0.5) is 14.6 Å². The molecule has 0 bridgehead atoms. The minimum absolute atomic E-state index is 0.195. The van der Waals surface area contributed by atoms with E-state index in [0.717, 1.165) is 22.9 Å². The minimum atomic E-state index is -0.665. The quantitative estimate of drug-likeness (QED) is 0.585. The topological polar surface area (TPSA) is 50.2 Å². The van der Waals surface area contributed by atoms with E-state index in [0.29, 0.717) is 5.82 Å². The van der Waals surface area contributed by atoms with Gasteiger partial charge in [-0.25, -0.2) is 18.7 Å². The molecule has 2 aromatic heterocycles. The summed E-state index contributed by atoms with van der Waals surface area (Å²) in [4.78, 5) is 10.3. The number of benzene rings is 1. The van der Waals surface area contributed by atoms with Gasteiger partial charge in [0.2, 0.25) is 0 Å². The van der Waals surface area contributed by atoms with Crippen LogP contribution in [0, 0.1) is 11.6 Å². The Hall–Kier alpha value is -2.41. The predicted octanol–water partition coefficient (Wildman–Crippen LogP) is 3.98. The highest BCUT2D eigenvalue weighted by Crippen LogP contribution is 2.28. The first-order chi connectivity index (χ1) is 10.7. The van der Waals surface area contributed by atoms with Crippen molar-refractivity contribution in [1.82, 2.24) is 9.97 Å². The summed E-state index contributed by atoms with van der Waals surface area (Å²) in [6.07, 6.45) is 3.44. The number of rotatable bonds is 4. The lowest BCUT2D eigenvalue weighted by Gasteiger charge is -2.01. The predicted molar refractivity (Wildman–Crippen MR) is 84.4 cm³/mol. The number of aromatic nitrogens is 2. The van der Waals surface area contributed by atoms with Crippen LogP contribution in [0.2, 0.25) is 0 Å².